The van der Waals surface area contributed by atoms with Crippen molar-refractivity contribution < 1.29 is 9.57 Å². The Kier molecular flexibility index (Phi) is 5.60. The summed E-state index contributed by atoms with van der Waals surface area (Å²) in [6.45, 7) is 3.17. The second-order valence-electron chi connectivity index (χ2n) is 2.83. The van der Waals surface area contributed by atoms with E-state index in [-0.39, 0.29) is 0 Å². The van der Waals surface area contributed by atoms with Crippen molar-refractivity contribution in [1.82, 2.24) is 5.48 Å². The number of hydrogen-bond acceptors (Lipinski definition) is 3. The molecule has 1 aromatic rings. The summed E-state index contributed by atoms with van der Waals surface area (Å²) in [5, 5.41) is 0. The van der Waals surface area contributed by atoms with Crippen LogP contribution in [0.3, 0.4) is 0 Å². The van der Waals surface area contributed by atoms with Gasteiger partial charge in [0.15, 0.2) is 0 Å². The summed E-state index contributed by atoms with van der Waals surface area (Å²) in [5.74, 6) is 0.824. The lowest BCUT2D eigenvalue weighted by Crippen LogP contribution is -2.14. The molecular formula is C10H13Br2NO2. The number of hydroxylamine groups is 1. The molecule has 0 fully saturated rings. The Morgan fingerprint density at radius 1 is 1.33 bits per heavy atom. The minimum Gasteiger partial charge on any atom is -0.495 e. The summed E-state index contributed by atoms with van der Waals surface area (Å²) in [6.07, 6.45) is 0. The Bertz CT molecular complexity index is 331. The Morgan fingerprint density at radius 3 is 2.67 bits per heavy atom. The van der Waals surface area contributed by atoms with E-state index in [0.29, 0.717) is 13.2 Å². The van der Waals surface area contributed by atoms with Crippen molar-refractivity contribution in [2.45, 2.75) is 13.5 Å². The average molecular weight is 339 g/mol. The van der Waals surface area contributed by atoms with Crippen LogP contribution in [-0.4, -0.2) is 13.7 Å². The van der Waals surface area contributed by atoms with Crippen molar-refractivity contribution in [2.75, 3.05) is 13.7 Å². The predicted octanol–water partition coefficient (Wildman–Crippen LogP) is 3.26. The van der Waals surface area contributed by atoms with Crippen LogP contribution in [0.25, 0.3) is 0 Å². The first-order valence-electron chi connectivity index (χ1n) is 4.55. The van der Waals surface area contributed by atoms with Crippen molar-refractivity contribution in [2.24, 2.45) is 0 Å². The molecule has 0 saturated heterocycles. The van der Waals surface area contributed by atoms with Crippen LogP contribution in [0.1, 0.15) is 12.5 Å². The van der Waals surface area contributed by atoms with Gasteiger partial charge < -0.3 is 9.57 Å². The molecule has 1 N–H and O–H groups in total. The normalized spacial score (nSPS) is 10.4. The van der Waals surface area contributed by atoms with Gasteiger partial charge in [-0.15, -0.1) is 0 Å². The fourth-order valence-electron chi connectivity index (χ4n) is 1.20. The molecule has 1 aromatic carbocycles. The van der Waals surface area contributed by atoms with Crippen LogP contribution in [0.15, 0.2) is 21.1 Å². The van der Waals surface area contributed by atoms with Gasteiger partial charge >= 0.3 is 0 Å². The summed E-state index contributed by atoms with van der Waals surface area (Å²) in [5.41, 5.74) is 3.89. The molecule has 0 heterocycles. The number of hydrogen-bond donors (Lipinski definition) is 1. The van der Waals surface area contributed by atoms with Crippen LogP contribution in [-0.2, 0) is 11.4 Å². The summed E-state index contributed by atoms with van der Waals surface area (Å²) in [6, 6.07) is 3.94. The van der Waals surface area contributed by atoms with Crippen LogP contribution in [0.2, 0.25) is 0 Å². The quantitative estimate of drug-likeness (QED) is 0.660. The van der Waals surface area contributed by atoms with E-state index in [1.807, 2.05) is 19.1 Å². The maximum absolute atomic E-state index is 5.30. The topological polar surface area (TPSA) is 30.5 Å². The zero-order valence-electron chi connectivity index (χ0n) is 8.64. The molecule has 0 unspecified atom stereocenters. The molecule has 0 amide bonds. The Balaban J connectivity index is 2.84. The molecule has 3 nitrogen and oxygen atoms in total. The van der Waals surface area contributed by atoms with Crippen molar-refractivity contribution in [1.29, 1.82) is 0 Å². The van der Waals surface area contributed by atoms with Gasteiger partial charge in [-0.05, 0) is 35.0 Å². The molecule has 0 aliphatic rings. The molecule has 15 heavy (non-hydrogen) atoms. The number of benzene rings is 1. The van der Waals surface area contributed by atoms with Gasteiger partial charge in [-0.3, -0.25) is 0 Å². The third kappa shape index (κ3) is 3.75. The number of nitrogens with one attached hydrogen (secondary N) is 1. The van der Waals surface area contributed by atoms with Crippen molar-refractivity contribution in [3.63, 3.8) is 0 Å². The standard InChI is InChI=1S/C10H13Br2NO2/c1-3-15-13-6-7-4-8(11)5-9(12)10(7)14-2/h4-5,13H,3,6H2,1-2H3. The van der Waals surface area contributed by atoms with E-state index in [4.69, 9.17) is 9.57 Å². The number of methoxy groups -OCH3 is 1. The highest BCUT2D eigenvalue weighted by atomic mass is 79.9. The highest BCUT2D eigenvalue weighted by molar-refractivity contribution is 9.11. The molecule has 0 aliphatic heterocycles. The van der Waals surface area contributed by atoms with Gasteiger partial charge in [0, 0.05) is 16.6 Å². The van der Waals surface area contributed by atoms with E-state index < -0.39 is 0 Å². The fourth-order valence-corrected chi connectivity index (χ4v) is 2.68. The fraction of sp³-hybridized carbons (Fsp3) is 0.400. The highest BCUT2D eigenvalue weighted by Crippen LogP contribution is 2.32. The van der Waals surface area contributed by atoms with Gasteiger partial charge in [0.2, 0.25) is 0 Å². The minimum atomic E-state index is 0.606. The van der Waals surface area contributed by atoms with Gasteiger partial charge in [-0.2, -0.15) is 5.48 Å². The zero-order valence-corrected chi connectivity index (χ0v) is 11.8. The molecule has 1 rings (SSSR count). The van der Waals surface area contributed by atoms with Crippen molar-refractivity contribution in [3.8, 4) is 5.75 Å². The van der Waals surface area contributed by atoms with Crippen molar-refractivity contribution >= 4 is 31.9 Å². The average Bonchev–Trinajstić information content (AvgIpc) is 2.17. The smallest absolute Gasteiger partial charge is 0.137 e. The predicted molar refractivity (Wildman–Crippen MR) is 66.9 cm³/mol. The highest BCUT2D eigenvalue weighted by Gasteiger charge is 2.08. The number of rotatable bonds is 5. The second-order valence-corrected chi connectivity index (χ2v) is 4.60. The lowest BCUT2D eigenvalue weighted by atomic mass is 10.2. The van der Waals surface area contributed by atoms with Crippen molar-refractivity contribution in [3.05, 3.63) is 26.6 Å². The van der Waals surface area contributed by atoms with Gasteiger partial charge in [0.1, 0.15) is 5.75 Å². The molecule has 0 aliphatic carbocycles. The third-order valence-electron chi connectivity index (χ3n) is 1.80. The lowest BCUT2D eigenvalue weighted by molar-refractivity contribution is 0.0459. The first-order valence-corrected chi connectivity index (χ1v) is 6.14. The maximum atomic E-state index is 5.30. The third-order valence-corrected chi connectivity index (χ3v) is 2.85. The molecule has 0 aromatic heterocycles. The molecular weight excluding hydrogens is 326 g/mol. The van der Waals surface area contributed by atoms with Gasteiger partial charge in [0.05, 0.1) is 18.2 Å². The molecule has 0 spiro atoms. The molecule has 5 heteroatoms. The Morgan fingerprint density at radius 2 is 2.07 bits per heavy atom. The first-order chi connectivity index (χ1) is 7.19. The van der Waals surface area contributed by atoms with Crippen LogP contribution >= 0.6 is 31.9 Å². The largest absolute Gasteiger partial charge is 0.495 e. The van der Waals surface area contributed by atoms with Gasteiger partial charge in [-0.1, -0.05) is 15.9 Å². The summed E-state index contributed by atoms with van der Waals surface area (Å²) in [4.78, 5) is 5.08. The second kappa shape index (κ2) is 6.48. The van der Waals surface area contributed by atoms with Crippen LogP contribution in [0.5, 0.6) is 5.75 Å². The van der Waals surface area contributed by atoms with E-state index in [9.17, 15) is 0 Å². The number of halogens is 2. The van der Waals surface area contributed by atoms with E-state index in [1.165, 1.54) is 0 Å². The van der Waals surface area contributed by atoms with E-state index >= 15 is 0 Å². The summed E-state index contributed by atoms with van der Waals surface area (Å²) in [7, 11) is 1.65. The monoisotopic (exact) mass is 337 g/mol. The Labute approximate surface area is 106 Å². The maximum Gasteiger partial charge on any atom is 0.137 e. The molecule has 0 radical (unpaired) electrons. The van der Waals surface area contributed by atoms with Crippen LogP contribution < -0.4 is 10.2 Å². The van der Waals surface area contributed by atoms with Crippen LogP contribution in [0.4, 0.5) is 0 Å². The van der Waals surface area contributed by atoms with E-state index in [0.717, 1.165) is 20.3 Å². The number of ether oxygens (including phenoxy) is 1. The molecule has 0 atom stereocenters. The summed E-state index contributed by atoms with van der Waals surface area (Å²) < 4.78 is 7.23. The lowest BCUT2D eigenvalue weighted by Gasteiger charge is -2.11. The first kappa shape index (κ1) is 13.0. The van der Waals surface area contributed by atoms with Gasteiger partial charge in [0.25, 0.3) is 0 Å². The van der Waals surface area contributed by atoms with Crippen LogP contribution in [0, 0.1) is 0 Å². The van der Waals surface area contributed by atoms with E-state index in [1.54, 1.807) is 7.11 Å². The molecule has 84 valence electrons. The van der Waals surface area contributed by atoms with Gasteiger partial charge in [-0.25, -0.2) is 0 Å². The van der Waals surface area contributed by atoms with E-state index in [2.05, 4.69) is 37.3 Å². The molecule has 0 bridgehead atoms. The summed E-state index contributed by atoms with van der Waals surface area (Å²) >= 11 is 6.87. The minimum absolute atomic E-state index is 0.606. The molecule has 0 saturated carbocycles. The Hall–Kier alpha value is -0.100. The zero-order chi connectivity index (χ0) is 11.3. The SMILES string of the molecule is CCONCc1cc(Br)cc(Br)c1OC.